The normalized spacial score (nSPS) is 38.0. The van der Waals surface area contributed by atoms with Gasteiger partial charge in [-0.3, -0.25) is 4.90 Å². The van der Waals surface area contributed by atoms with Gasteiger partial charge in [0, 0.05) is 31.2 Å². The van der Waals surface area contributed by atoms with E-state index in [0.717, 1.165) is 18.1 Å². The van der Waals surface area contributed by atoms with Gasteiger partial charge in [0.1, 0.15) is 0 Å². The van der Waals surface area contributed by atoms with Crippen LogP contribution >= 0.6 is 0 Å². The van der Waals surface area contributed by atoms with Crippen molar-refractivity contribution in [3.8, 4) is 0 Å². The van der Waals surface area contributed by atoms with Gasteiger partial charge in [0.25, 0.3) is 0 Å². The van der Waals surface area contributed by atoms with E-state index in [2.05, 4.69) is 30.7 Å². The summed E-state index contributed by atoms with van der Waals surface area (Å²) in [5.41, 5.74) is 0. The molecule has 0 radical (unpaired) electrons. The number of nitrogens with zero attached hydrogens (tertiary/aromatic N) is 2. The van der Waals surface area contributed by atoms with Crippen molar-refractivity contribution in [1.29, 1.82) is 0 Å². The molecule has 70 valence electrons. The number of rotatable bonds is 1. The molecule has 2 heterocycles. The molecule has 3 fully saturated rings. The van der Waals surface area contributed by atoms with Crippen LogP contribution in [0, 0.1) is 0 Å². The average Bonchev–Trinajstić information content (AvgIpc) is 2.13. The Kier molecular flexibility index (Phi) is 2.13. The molecule has 0 aromatic carbocycles. The maximum absolute atomic E-state index is 2.67. The van der Waals surface area contributed by atoms with Crippen molar-refractivity contribution < 1.29 is 0 Å². The standard InChI is InChI=1S/C10H20N2/c1-8(2)12-5-4-11(3)9-6-10(12)7-9/h8-10H,4-7H2,1-3H3. The first-order chi connectivity index (χ1) is 5.68. The zero-order valence-corrected chi connectivity index (χ0v) is 8.45. The lowest BCUT2D eigenvalue weighted by Gasteiger charge is -2.42. The second kappa shape index (κ2) is 3.00. The summed E-state index contributed by atoms with van der Waals surface area (Å²) in [6.45, 7) is 7.17. The van der Waals surface area contributed by atoms with Crippen molar-refractivity contribution >= 4 is 0 Å². The van der Waals surface area contributed by atoms with Gasteiger partial charge in [0.05, 0.1) is 0 Å². The smallest absolute Gasteiger partial charge is 0.0128 e. The molecule has 2 saturated heterocycles. The van der Waals surface area contributed by atoms with Crippen molar-refractivity contribution in [3.63, 3.8) is 0 Å². The van der Waals surface area contributed by atoms with E-state index in [-0.39, 0.29) is 0 Å². The molecule has 0 aromatic rings. The van der Waals surface area contributed by atoms with Crippen LogP contribution in [0.5, 0.6) is 0 Å². The topological polar surface area (TPSA) is 6.48 Å². The Morgan fingerprint density at radius 2 is 1.75 bits per heavy atom. The van der Waals surface area contributed by atoms with E-state index < -0.39 is 0 Å². The molecule has 0 atom stereocenters. The van der Waals surface area contributed by atoms with Crippen LogP contribution in [0.2, 0.25) is 0 Å². The Labute approximate surface area is 75.5 Å². The maximum atomic E-state index is 2.67. The average molecular weight is 168 g/mol. The van der Waals surface area contributed by atoms with Crippen LogP contribution in [0.4, 0.5) is 0 Å². The predicted molar refractivity (Wildman–Crippen MR) is 51.3 cm³/mol. The molecule has 3 rings (SSSR count). The summed E-state index contributed by atoms with van der Waals surface area (Å²) < 4.78 is 0. The summed E-state index contributed by atoms with van der Waals surface area (Å²) in [6.07, 6.45) is 2.82. The third-order valence-corrected chi connectivity index (χ3v) is 3.55. The van der Waals surface area contributed by atoms with E-state index in [1.807, 2.05) is 0 Å². The first-order valence-corrected chi connectivity index (χ1v) is 5.14. The van der Waals surface area contributed by atoms with Gasteiger partial charge >= 0.3 is 0 Å². The van der Waals surface area contributed by atoms with Crippen LogP contribution in [-0.4, -0.2) is 48.1 Å². The highest BCUT2D eigenvalue weighted by atomic mass is 15.3. The summed E-state index contributed by atoms with van der Waals surface area (Å²) in [5, 5.41) is 0. The highest BCUT2D eigenvalue weighted by Gasteiger charge is 2.39. The highest BCUT2D eigenvalue weighted by molar-refractivity contribution is 4.96. The van der Waals surface area contributed by atoms with Crippen LogP contribution in [-0.2, 0) is 0 Å². The van der Waals surface area contributed by atoms with E-state index in [4.69, 9.17) is 0 Å². The van der Waals surface area contributed by atoms with E-state index in [1.165, 1.54) is 25.9 Å². The largest absolute Gasteiger partial charge is 0.302 e. The van der Waals surface area contributed by atoms with Gasteiger partial charge in [-0.1, -0.05) is 0 Å². The Morgan fingerprint density at radius 3 is 2.33 bits per heavy atom. The second-order valence-corrected chi connectivity index (χ2v) is 4.59. The first kappa shape index (κ1) is 8.52. The quantitative estimate of drug-likeness (QED) is 0.580. The van der Waals surface area contributed by atoms with Gasteiger partial charge in [0.15, 0.2) is 0 Å². The lowest BCUT2D eigenvalue weighted by atomic mass is 9.85. The van der Waals surface area contributed by atoms with Gasteiger partial charge in [0.2, 0.25) is 0 Å². The van der Waals surface area contributed by atoms with Gasteiger partial charge < -0.3 is 4.90 Å². The van der Waals surface area contributed by atoms with Gasteiger partial charge in [-0.25, -0.2) is 0 Å². The molecular weight excluding hydrogens is 148 g/mol. The van der Waals surface area contributed by atoms with Crippen LogP contribution in [0.25, 0.3) is 0 Å². The molecule has 2 aliphatic heterocycles. The molecule has 1 aliphatic carbocycles. The molecule has 0 amide bonds. The Balaban J connectivity index is 2.01. The van der Waals surface area contributed by atoms with E-state index >= 15 is 0 Å². The number of fused-ring (bicyclic) bond motifs is 3. The van der Waals surface area contributed by atoms with E-state index in [1.54, 1.807) is 0 Å². The molecule has 2 heteroatoms. The fourth-order valence-corrected chi connectivity index (χ4v) is 2.51. The maximum Gasteiger partial charge on any atom is 0.0128 e. The molecule has 0 unspecified atom stereocenters. The van der Waals surface area contributed by atoms with Crippen LogP contribution in [0.1, 0.15) is 26.7 Å². The number of hydrogen-bond donors (Lipinski definition) is 0. The van der Waals surface area contributed by atoms with Gasteiger partial charge in [-0.15, -0.1) is 0 Å². The van der Waals surface area contributed by atoms with Crippen molar-refractivity contribution in [2.75, 3.05) is 20.1 Å². The SMILES string of the molecule is CC(C)N1CCN(C)C2CC1C2. The molecular formula is C10H20N2. The van der Waals surface area contributed by atoms with E-state index in [9.17, 15) is 0 Å². The zero-order valence-electron chi connectivity index (χ0n) is 8.45. The molecule has 3 aliphatic rings. The molecule has 12 heavy (non-hydrogen) atoms. The Morgan fingerprint density at radius 1 is 1.08 bits per heavy atom. The summed E-state index contributed by atoms with van der Waals surface area (Å²) in [4.78, 5) is 5.19. The molecule has 1 saturated carbocycles. The Hall–Kier alpha value is -0.0800. The zero-order chi connectivity index (χ0) is 8.72. The monoisotopic (exact) mass is 168 g/mol. The first-order valence-electron chi connectivity index (χ1n) is 5.14. The van der Waals surface area contributed by atoms with E-state index in [0.29, 0.717) is 0 Å². The van der Waals surface area contributed by atoms with Gasteiger partial charge in [-0.05, 0) is 33.7 Å². The van der Waals surface area contributed by atoms with Crippen molar-refractivity contribution in [2.45, 2.75) is 44.8 Å². The lowest BCUT2D eigenvalue weighted by molar-refractivity contribution is 0.0822. The number of likely N-dealkylation sites (N-methyl/N-ethyl adjacent to an activating group) is 1. The fraction of sp³-hybridized carbons (Fsp3) is 1.00. The Bertz CT molecular complexity index is 158. The molecule has 0 N–H and O–H groups in total. The third-order valence-electron chi connectivity index (χ3n) is 3.55. The van der Waals surface area contributed by atoms with Crippen LogP contribution < -0.4 is 0 Å². The minimum absolute atomic E-state index is 0.738. The molecule has 0 spiro atoms. The third kappa shape index (κ3) is 1.27. The van der Waals surface area contributed by atoms with Crippen molar-refractivity contribution in [1.82, 2.24) is 9.80 Å². The van der Waals surface area contributed by atoms with Crippen molar-refractivity contribution in [2.24, 2.45) is 0 Å². The van der Waals surface area contributed by atoms with Gasteiger partial charge in [-0.2, -0.15) is 0 Å². The second-order valence-electron chi connectivity index (χ2n) is 4.59. The van der Waals surface area contributed by atoms with Crippen LogP contribution in [0.3, 0.4) is 0 Å². The summed E-state index contributed by atoms with van der Waals surface area (Å²) in [6, 6.07) is 2.54. The number of hydrogen-bond acceptors (Lipinski definition) is 2. The molecule has 2 nitrogen and oxygen atoms in total. The van der Waals surface area contributed by atoms with Crippen LogP contribution in [0.15, 0.2) is 0 Å². The molecule has 0 aromatic heterocycles. The minimum Gasteiger partial charge on any atom is -0.302 e. The van der Waals surface area contributed by atoms with Crippen molar-refractivity contribution in [3.05, 3.63) is 0 Å². The fourth-order valence-electron chi connectivity index (χ4n) is 2.51. The summed E-state index contributed by atoms with van der Waals surface area (Å²) in [5.74, 6) is 0. The summed E-state index contributed by atoms with van der Waals surface area (Å²) in [7, 11) is 2.27. The summed E-state index contributed by atoms with van der Waals surface area (Å²) >= 11 is 0. The highest BCUT2D eigenvalue weighted by Crippen LogP contribution is 2.32. The lowest BCUT2D eigenvalue weighted by Crippen LogP contribution is -2.49. The predicted octanol–water partition coefficient (Wildman–Crippen LogP) is 1.17. The molecule has 2 bridgehead atoms. The minimum atomic E-state index is 0.738.